The molecule has 2 atom stereocenters. The van der Waals surface area contributed by atoms with Crippen LogP contribution in [0.1, 0.15) is 63.9 Å². The summed E-state index contributed by atoms with van der Waals surface area (Å²) in [6.45, 7) is 3.01. The van der Waals surface area contributed by atoms with Crippen molar-refractivity contribution < 1.29 is 14.4 Å². The van der Waals surface area contributed by atoms with Gasteiger partial charge < -0.3 is 15.5 Å². The molecule has 3 amide bonds. The lowest BCUT2D eigenvalue weighted by Gasteiger charge is -2.29. The van der Waals surface area contributed by atoms with Gasteiger partial charge in [0, 0.05) is 25.9 Å². The van der Waals surface area contributed by atoms with Gasteiger partial charge in [-0.3, -0.25) is 14.4 Å². The molecule has 2 aliphatic rings. The molecule has 6 heteroatoms. The van der Waals surface area contributed by atoms with Crippen molar-refractivity contribution in [3.63, 3.8) is 0 Å². The Morgan fingerprint density at radius 1 is 1.03 bits per heavy atom. The third kappa shape index (κ3) is 6.07. The Morgan fingerprint density at radius 3 is 2.47 bits per heavy atom. The number of nitrogens with zero attached hydrogens (tertiary/aromatic N) is 1. The number of amides is 3. The molecule has 1 aromatic carbocycles. The normalized spacial score (nSPS) is 20.6. The standard InChI is InChI=1S/C24H35N3O3/c1-2-25-23(29)20(16-18-10-5-3-6-11-18)26-24(30)21-14-9-15-27(21)22(28)17-19-12-7-4-8-13-19/h3,5-6,10-11,19-21H,2,4,7-9,12-17H2,1H3,(H,25,29)(H,26,30). The Morgan fingerprint density at radius 2 is 1.77 bits per heavy atom. The number of nitrogens with one attached hydrogen (secondary N) is 2. The van der Waals surface area contributed by atoms with Crippen LogP contribution in [0.4, 0.5) is 0 Å². The zero-order valence-corrected chi connectivity index (χ0v) is 18.1. The van der Waals surface area contributed by atoms with Crippen LogP contribution in [0.25, 0.3) is 0 Å². The van der Waals surface area contributed by atoms with E-state index in [0.717, 1.165) is 24.8 Å². The van der Waals surface area contributed by atoms with Crippen molar-refractivity contribution in [2.75, 3.05) is 13.1 Å². The Labute approximate surface area is 179 Å². The molecule has 1 aromatic rings. The molecule has 0 spiro atoms. The van der Waals surface area contributed by atoms with E-state index in [2.05, 4.69) is 10.6 Å². The fraction of sp³-hybridized carbons (Fsp3) is 0.625. The molecular weight excluding hydrogens is 378 g/mol. The van der Waals surface area contributed by atoms with Gasteiger partial charge in [-0.15, -0.1) is 0 Å². The van der Waals surface area contributed by atoms with Gasteiger partial charge in [0.15, 0.2) is 0 Å². The van der Waals surface area contributed by atoms with Gasteiger partial charge in [0.1, 0.15) is 12.1 Å². The summed E-state index contributed by atoms with van der Waals surface area (Å²) in [5.74, 6) is 0.151. The number of hydrogen-bond donors (Lipinski definition) is 2. The van der Waals surface area contributed by atoms with E-state index >= 15 is 0 Å². The maximum absolute atomic E-state index is 13.1. The first-order valence-corrected chi connectivity index (χ1v) is 11.5. The van der Waals surface area contributed by atoms with Crippen LogP contribution < -0.4 is 10.6 Å². The maximum Gasteiger partial charge on any atom is 0.243 e. The average Bonchev–Trinajstić information content (AvgIpc) is 3.25. The van der Waals surface area contributed by atoms with E-state index in [0.29, 0.717) is 38.3 Å². The molecule has 164 valence electrons. The number of benzene rings is 1. The van der Waals surface area contributed by atoms with Crippen LogP contribution in [0.2, 0.25) is 0 Å². The van der Waals surface area contributed by atoms with Crippen LogP contribution in [-0.2, 0) is 20.8 Å². The van der Waals surface area contributed by atoms with Crippen molar-refractivity contribution in [2.45, 2.75) is 76.8 Å². The van der Waals surface area contributed by atoms with Gasteiger partial charge in [-0.1, -0.05) is 49.6 Å². The summed E-state index contributed by atoms with van der Waals surface area (Å²) in [4.78, 5) is 40.3. The SMILES string of the molecule is CCNC(=O)C(Cc1ccccc1)NC(=O)C1CCCN1C(=O)CC1CCCCC1. The van der Waals surface area contributed by atoms with Crippen LogP contribution in [0.3, 0.4) is 0 Å². The molecule has 1 saturated carbocycles. The van der Waals surface area contributed by atoms with Gasteiger partial charge in [-0.2, -0.15) is 0 Å². The number of likely N-dealkylation sites (tertiary alicyclic amines) is 1. The van der Waals surface area contributed by atoms with Gasteiger partial charge >= 0.3 is 0 Å². The Bertz CT molecular complexity index is 716. The zero-order chi connectivity index (χ0) is 21.3. The Balaban J connectivity index is 1.62. The lowest BCUT2D eigenvalue weighted by Crippen LogP contribution is -2.54. The number of hydrogen-bond acceptors (Lipinski definition) is 3. The van der Waals surface area contributed by atoms with E-state index in [1.165, 1.54) is 19.3 Å². The first kappa shape index (κ1) is 22.3. The molecule has 1 saturated heterocycles. The van der Waals surface area contributed by atoms with Crippen molar-refractivity contribution in [1.82, 2.24) is 15.5 Å². The first-order chi connectivity index (χ1) is 14.6. The quantitative estimate of drug-likeness (QED) is 0.688. The van der Waals surface area contributed by atoms with Gasteiger partial charge in [-0.05, 0) is 44.1 Å². The van der Waals surface area contributed by atoms with E-state index < -0.39 is 12.1 Å². The zero-order valence-electron chi connectivity index (χ0n) is 18.1. The number of carbonyl (C=O) groups is 3. The summed E-state index contributed by atoms with van der Waals surface area (Å²) in [6, 6.07) is 8.58. The molecule has 2 fully saturated rings. The van der Waals surface area contributed by atoms with Gasteiger partial charge in [0.2, 0.25) is 17.7 Å². The van der Waals surface area contributed by atoms with E-state index in [1.54, 1.807) is 4.90 Å². The maximum atomic E-state index is 13.1. The lowest BCUT2D eigenvalue weighted by molar-refractivity contribution is -0.140. The smallest absolute Gasteiger partial charge is 0.243 e. The van der Waals surface area contributed by atoms with Crippen molar-refractivity contribution in [1.29, 1.82) is 0 Å². The van der Waals surface area contributed by atoms with Crippen molar-refractivity contribution in [3.05, 3.63) is 35.9 Å². The van der Waals surface area contributed by atoms with Crippen LogP contribution in [0.5, 0.6) is 0 Å². The lowest BCUT2D eigenvalue weighted by atomic mass is 9.86. The second-order valence-corrected chi connectivity index (χ2v) is 8.60. The Hall–Kier alpha value is -2.37. The third-order valence-corrected chi connectivity index (χ3v) is 6.33. The van der Waals surface area contributed by atoms with E-state index in [9.17, 15) is 14.4 Å². The van der Waals surface area contributed by atoms with Crippen LogP contribution in [0, 0.1) is 5.92 Å². The van der Waals surface area contributed by atoms with Gasteiger partial charge in [0.25, 0.3) is 0 Å². The molecule has 2 unspecified atom stereocenters. The van der Waals surface area contributed by atoms with Gasteiger partial charge in [0.05, 0.1) is 0 Å². The molecule has 2 N–H and O–H groups in total. The molecule has 3 rings (SSSR count). The summed E-state index contributed by atoms with van der Waals surface area (Å²) < 4.78 is 0. The fourth-order valence-corrected chi connectivity index (χ4v) is 4.72. The highest BCUT2D eigenvalue weighted by Gasteiger charge is 2.36. The molecule has 1 heterocycles. The minimum Gasteiger partial charge on any atom is -0.355 e. The first-order valence-electron chi connectivity index (χ1n) is 11.5. The number of likely N-dealkylation sites (N-methyl/N-ethyl adjacent to an activating group) is 1. The highest BCUT2D eigenvalue weighted by molar-refractivity contribution is 5.92. The van der Waals surface area contributed by atoms with Crippen LogP contribution >= 0.6 is 0 Å². The third-order valence-electron chi connectivity index (χ3n) is 6.33. The van der Waals surface area contributed by atoms with Crippen molar-refractivity contribution >= 4 is 17.7 Å². The summed E-state index contributed by atoms with van der Waals surface area (Å²) in [5.41, 5.74) is 0.991. The monoisotopic (exact) mass is 413 g/mol. The molecule has 0 aromatic heterocycles. The molecule has 0 radical (unpaired) electrons. The van der Waals surface area contributed by atoms with Crippen LogP contribution in [-0.4, -0.2) is 47.8 Å². The molecular formula is C24H35N3O3. The van der Waals surface area contributed by atoms with E-state index in [-0.39, 0.29) is 17.7 Å². The average molecular weight is 414 g/mol. The number of rotatable bonds is 8. The second kappa shape index (κ2) is 11.1. The van der Waals surface area contributed by atoms with E-state index in [4.69, 9.17) is 0 Å². The molecule has 30 heavy (non-hydrogen) atoms. The van der Waals surface area contributed by atoms with Gasteiger partial charge in [-0.25, -0.2) is 0 Å². The highest BCUT2D eigenvalue weighted by Crippen LogP contribution is 2.28. The van der Waals surface area contributed by atoms with Crippen molar-refractivity contribution in [3.8, 4) is 0 Å². The predicted octanol–water partition coefficient (Wildman–Crippen LogP) is 2.81. The topological polar surface area (TPSA) is 78.5 Å². The summed E-state index contributed by atoms with van der Waals surface area (Å²) >= 11 is 0. The number of carbonyl (C=O) groups excluding carboxylic acids is 3. The minimum absolute atomic E-state index is 0.0946. The molecule has 1 aliphatic heterocycles. The molecule has 1 aliphatic carbocycles. The summed E-state index contributed by atoms with van der Waals surface area (Å²) in [7, 11) is 0. The fourth-order valence-electron chi connectivity index (χ4n) is 4.72. The highest BCUT2D eigenvalue weighted by atomic mass is 16.2. The Kier molecular flexibility index (Phi) is 8.29. The molecule has 0 bridgehead atoms. The largest absolute Gasteiger partial charge is 0.355 e. The molecule has 6 nitrogen and oxygen atoms in total. The van der Waals surface area contributed by atoms with Crippen molar-refractivity contribution in [2.24, 2.45) is 5.92 Å². The predicted molar refractivity (Wildman–Crippen MR) is 117 cm³/mol. The van der Waals surface area contributed by atoms with Crippen LogP contribution in [0.15, 0.2) is 30.3 Å². The summed E-state index contributed by atoms with van der Waals surface area (Å²) in [5, 5.41) is 5.75. The second-order valence-electron chi connectivity index (χ2n) is 8.60. The summed E-state index contributed by atoms with van der Waals surface area (Å²) in [6.07, 6.45) is 8.39. The van der Waals surface area contributed by atoms with E-state index in [1.807, 2.05) is 37.3 Å². The minimum atomic E-state index is -0.643.